The molecule has 1 aromatic carbocycles. The zero-order valence-corrected chi connectivity index (χ0v) is 16.2. The topological polar surface area (TPSA) is 77.1 Å². The van der Waals surface area contributed by atoms with E-state index < -0.39 is 11.7 Å². The van der Waals surface area contributed by atoms with Gasteiger partial charge < -0.3 is 5.32 Å². The van der Waals surface area contributed by atoms with Crippen LogP contribution in [0.2, 0.25) is 0 Å². The molecule has 1 amide bonds. The maximum absolute atomic E-state index is 13.1. The van der Waals surface area contributed by atoms with Crippen molar-refractivity contribution in [3.63, 3.8) is 0 Å². The summed E-state index contributed by atoms with van der Waals surface area (Å²) in [6, 6.07) is 10.4. The van der Waals surface area contributed by atoms with Crippen LogP contribution in [0.1, 0.15) is 46.2 Å². The van der Waals surface area contributed by atoms with Gasteiger partial charge in [-0.25, -0.2) is 4.68 Å². The fraction of sp³-hybridized carbons (Fsp3) is 0.238. The Morgan fingerprint density at radius 1 is 1.13 bits per heavy atom. The summed E-state index contributed by atoms with van der Waals surface area (Å²) < 4.78 is 42.6. The molecule has 7 nitrogen and oxygen atoms in total. The molecule has 158 valence electrons. The average molecular weight is 426 g/mol. The number of pyridine rings is 1. The third-order valence-electron chi connectivity index (χ3n) is 5.22. The number of carbonyl (C=O) groups excluding carboxylic acids is 1. The second-order valence-corrected chi connectivity index (χ2v) is 7.41. The second-order valence-electron chi connectivity index (χ2n) is 7.41. The summed E-state index contributed by atoms with van der Waals surface area (Å²) in [4.78, 5) is 12.9. The van der Waals surface area contributed by atoms with Crippen molar-refractivity contribution in [3.8, 4) is 5.69 Å². The number of nitrogens with zero attached hydrogens (tertiary/aromatic N) is 5. The number of aromatic nitrogens is 5. The predicted molar refractivity (Wildman–Crippen MR) is 105 cm³/mol. The number of benzene rings is 1. The molecule has 5 rings (SSSR count). The summed E-state index contributed by atoms with van der Waals surface area (Å²) in [5, 5.41) is 15.2. The van der Waals surface area contributed by atoms with Crippen LogP contribution in [-0.2, 0) is 12.7 Å². The van der Waals surface area contributed by atoms with Crippen LogP contribution in [0.15, 0.2) is 54.9 Å². The Bertz CT molecular complexity index is 1270. The first-order valence-corrected chi connectivity index (χ1v) is 9.74. The number of carbonyl (C=O) groups is 1. The van der Waals surface area contributed by atoms with Crippen LogP contribution in [0.4, 0.5) is 13.2 Å². The van der Waals surface area contributed by atoms with Crippen LogP contribution < -0.4 is 5.32 Å². The highest BCUT2D eigenvalue weighted by Crippen LogP contribution is 2.42. The van der Waals surface area contributed by atoms with Gasteiger partial charge in [-0.05, 0) is 43.2 Å². The van der Waals surface area contributed by atoms with E-state index in [1.54, 1.807) is 16.7 Å². The Morgan fingerprint density at radius 3 is 2.74 bits per heavy atom. The minimum atomic E-state index is -4.45. The molecule has 31 heavy (non-hydrogen) atoms. The molecule has 1 aliphatic rings. The Balaban J connectivity index is 1.43. The zero-order valence-electron chi connectivity index (χ0n) is 16.2. The van der Waals surface area contributed by atoms with E-state index in [-0.39, 0.29) is 24.1 Å². The monoisotopic (exact) mass is 426 g/mol. The van der Waals surface area contributed by atoms with Gasteiger partial charge in [0.15, 0.2) is 11.5 Å². The molecule has 3 aromatic heterocycles. The molecule has 10 heteroatoms. The van der Waals surface area contributed by atoms with Gasteiger partial charge in [-0.15, -0.1) is 10.2 Å². The summed E-state index contributed by atoms with van der Waals surface area (Å²) in [5.41, 5.74) is 1.17. The average Bonchev–Trinajstić information content (AvgIpc) is 3.36. The lowest BCUT2D eigenvalue weighted by atomic mass is 10.1. The summed E-state index contributed by atoms with van der Waals surface area (Å²) in [6.45, 7) is 0.156. The number of amides is 1. The fourth-order valence-electron chi connectivity index (χ4n) is 3.57. The number of halogens is 3. The number of hydrogen-bond acceptors (Lipinski definition) is 4. The van der Waals surface area contributed by atoms with Crippen LogP contribution in [0.5, 0.6) is 0 Å². The van der Waals surface area contributed by atoms with Crippen LogP contribution in [0.25, 0.3) is 11.3 Å². The van der Waals surface area contributed by atoms with Crippen LogP contribution in [-0.4, -0.2) is 30.3 Å². The van der Waals surface area contributed by atoms with Gasteiger partial charge in [0.1, 0.15) is 0 Å². The molecule has 1 fully saturated rings. The Labute approximate surface area is 174 Å². The molecule has 1 aliphatic carbocycles. The van der Waals surface area contributed by atoms with Gasteiger partial charge in [0, 0.05) is 12.1 Å². The van der Waals surface area contributed by atoms with Crippen molar-refractivity contribution in [1.82, 2.24) is 29.7 Å². The summed E-state index contributed by atoms with van der Waals surface area (Å²) >= 11 is 0. The van der Waals surface area contributed by atoms with Crippen molar-refractivity contribution in [3.05, 3.63) is 77.5 Å². The van der Waals surface area contributed by atoms with Crippen molar-refractivity contribution in [2.45, 2.75) is 31.5 Å². The van der Waals surface area contributed by atoms with Crippen LogP contribution in [0.3, 0.4) is 0 Å². The maximum Gasteiger partial charge on any atom is 0.416 e. The smallest absolute Gasteiger partial charge is 0.345 e. The predicted octanol–water partition coefficient (Wildman–Crippen LogP) is 3.74. The normalized spacial score (nSPS) is 14.2. The lowest BCUT2D eigenvalue weighted by Crippen LogP contribution is -2.25. The van der Waals surface area contributed by atoms with E-state index >= 15 is 0 Å². The van der Waals surface area contributed by atoms with Gasteiger partial charge in [-0.2, -0.15) is 18.3 Å². The van der Waals surface area contributed by atoms with E-state index in [1.807, 2.05) is 18.2 Å². The van der Waals surface area contributed by atoms with E-state index in [1.165, 1.54) is 16.9 Å². The SMILES string of the molecule is O=C(NCc1nnc2ccccn12)c1cnn(-c2cccc(C(F)(F)F)c2)c1C1CC1. The second kappa shape index (κ2) is 7.22. The minimum Gasteiger partial charge on any atom is -0.345 e. The van der Waals surface area contributed by atoms with Crippen molar-refractivity contribution in [2.75, 3.05) is 0 Å². The molecule has 0 unspecified atom stereocenters. The van der Waals surface area contributed by atoms with E-state index in [9.17, 15) is 18.0 Å². The number of rotatable bonds is 5. The van der Waals surface area contributed by atoms with Gasteiger partial charge in [-0.1, -0.05) is 12.1 Å². The van der Waals surface area contributed by atoms with Crippen molar-refractivity contribution >= 4 is 11.6 Å². The van der Waals surface area contributed by atoms with E-state index in [0.717, 1.165) is 25.0 Å². The number of hydrogen-bond donors (Lipinski definition) is 1. The first-order chi connectivity index (χ1) is 14.9. The van der Waals surface area contributed by atoms with Gasteiger partial charge in [0.2, 0.25) is 0 Å². The largest absolute Gasteiger partial charge is 0.416 e. The molecule has 1 N–H and O–H groups in total. The molecule has 3 heterocycles. The molecule has 0 radical (unpaired) electrons. The first kappa shape index (κ1) is 19.3. The molecular formula is C21H17F3N6O. The third kappa shape index (κ3) is 3.65. The molecule has 0 saturated heterocycles. The number of nitrogens with one attached hydrogen (secondary N) is 1. The highest BCUT2D eigenvalue weighted by atomic mass is 19.4. The maximum atomic E-state index is 13.1. The van der Waals surface area contributed by atoms with E-state index in [0.29, 0.717) is 22.7 Å². The molecule has 0 bridgehead atoms. The highest BCUT2D eigenvalue weighted by molar-refractivity contribution is 5.95. The van der Waals surface area contributed by atoms with Gasteiger partial charge >= 0.3 is 6.18 Å². The Hall–Kier alpha value is -3.69. The van der Waals surface area contributed by atoms with Crippen molar-refractivity contribution in [1.29, 1.82) is 0 Å². The van der Waals surface area contributed by atoms with Gasteiger partial charge in [-0.3, -0.25) is 9.20 Å². The first-order valence-electron chi connectivity index (χ1n) is 9.74. The Morgan fingerprint density at radius 2 is 1.97 bits per heavy atom. The quantitative estimate of drug-likeness (QED) is 0.528. The molecule has 0 atom stereocenters. The van der Waals surface area contributed by atoms with Crippen molar-refractivity contribution in [2.24, 2.45) is 0 Å². The summed E-state index contributed by atoms with van der Waals surface area (Å²) in [5.74, 6) is 0.307. The van der Waals surface area contributed by atoms with Gasteiger partial charge in [0.25, 0.3) is 5.91 Å². The number of alkyl halides is 3. The lowest BCUT2D eigenvalue weighted by Gasteiger charge is -2.12. The Kier molecular flexibility index (Phi) is 4.49. The summed E-state index contributed by atoms with van der Waals surface area (Å²) in [7, 11) is 0. The number of fused-ring (bicyclic) bond motifs is 1. The molecule has 0 aliphatic heterocycles. The third-order valence-corrected chi connectivity index (χ3v) is 5.22. The molecule has 0 spiro atoms. The molecular weight excluding hydrogens is 409 g/mol. The van der Waals surface area contributed by atoms with Crippen molar-refractivity contribution < 1.29 is 18.0 Å². The van der Waals surface area contributed by atoms with Crippen LogP contribution >= 0.6 is 0 Å². The fourth-order valence-corrected chi connectivity index (χ4v) is 3.57. The molecule has 4 aromatic rings. The molecule has 1 saturated carbocycles. The zero-order chi connectivity index (χ0) is 21.6. The standard InChI is InChI=1S/C21H17F3N6O/c22-21(23,24)14-4-3-5-15(10-14)30-19(13-7-8-13)16(11-26-30)20(31)25-12-18-28-27-17-6-1-2-9-29(17)18/h1-6,9-11,13H,7-8,12H2,(H,25,31). The highest BCUT2D eigenvalue weighted by Gasteiger charge is 2.34. The van der Waals surface area contributed by atoms with E-state index in [4.69, 9.17) is 0 Å². The lowest BCUT2D eigenvalue weighted by molar-refractivity contribution is -0.137. The minimum absolute atomic E-state index is 0.0896. The van der Waals surface area contributed by atoms with Gasteiger partial charge in [0.05, 0.1) is 35.2 Å². The summed E-state index contributed by atoms with van der Waals surface area (Å²) in [6.07, 6.45) is 0.479. The van der Waals surface area contributed by atoms with Crippen LogP contribution in [0, 0.1) is 0 Å². The van der Waals surface area contributed by atoms with E-state index in [2.05, 4.69) is 20.6 Å².